The first-order valence-electron chi connectivity index (χ1n) is 7.16. The lowest BCUT2D eigenvalue weighted by Gasteiger charge is -2.36. The van der Waals surface area contributed by atoms with Gasteiger partial charge in [-0.2, -0.15) is 0 Å². The SMILES string of the molecule is CC1CN(Cc2cccc3ccccc23)CC(CBr)O1. The lowest BCUT2D eigenvalue weighted by molar-refractivity contribution is -0.0677. The molecule has 2 atom stereocenters. The highest BCUT2D eigenvalue weighted by molar-refractivity contribution is 9.09. The van der Waals surface area contributed by atoms with Gasteiger partial charge < -0.3 is 4.74 Å². The fraction of sp³-hybridized carbons (Fsp3) is 0.412. The molecule has 0 spiro atoms. The van der Waals surface area contributed by atoms with Crippen molar-refractivity contribution in [3.8, 4) is 0 Å². The molecule has 1 aliphatic heterocycles. The van der Waals surface area contributed by atoms with E-state index in [2.05, 4.69) is 70.2 Å². The molecule has 106 valence electrons. The van der Waals surface area contributed by atoms with Crippen LogP contribution < -0.4 is 0 Å². The van der Waals surface area contributed by atoms with Crippen molar-refractivity contribution in [1.82, 2.24) is 4.90 Å². The van der Waals surface area contributed by atoms with E-state index >= 15 is 0 Å². The van der Waals surface area contributed by atoms with E-state index in [4.69, 9.17) is 4.74 Å². The van der Waals surface area contributed by atoms with Crippen molar-refractivity contribution in [3.05, 3.63) is 48.0 Å². The van der Waals surface area contributed by atoms with Crippen LogP contribution in [0.1, 0.15) is 12.5 Å². The summed E-state index contributed by atoms with van der Waals surface area (Å²) < 4.78 is 5.90. The van der Waals surface area contributed by atoms with E-state index in [0.29, 0.717) is 12.2 Å². The van der Waals surface area contributed by atoms with Gasteiger partial charge >= 0.3 is 0 Å². The molecule has 2 aromatic rings. The van der Waals surface area contributed by atoms with Crippen LogP contribution in [0.25, 0.3) is 10.8 Å². The Labute approximate surface area is 128 Å². The van der Waals surface area contributed by atoms with Crippen molar-refractivity contribution in [2.45, 2.75) is 25.7 Å². The first-order valence-corrected chi connectivity index (χ1v) is 8.29. The predicted molar refractivity (Wildman–Crippen MR) is 87.4 cm³/mol. The molecule has 0 radical (unpaired) electrons. The lowest BCUT2D eigenvalue weighted by atomic mass is 10.0. The molecular formula is C17H20BrNO. The van der Waals surface area contributed by atoms with Crippen LogP contribution in [0.4, 0.5) is 0 Å². The number of halogens is 1. The molecule has 3 heteroatoms. The van der Waals surface area contributed by atoms with E-state index in [1.54, 1.807) is 0 Å². The van der Waals surface area contributed by atoms with Gasteiger partial charge in [0.2, 0.25) is 0 Å². The largest absolute Gasteiger partial charge is 0.372 e. The maximum absolute atomic E-state index is 5.90. The Kier molecular flexibility index (Phi) is 4.39. The third-order valence-corrected chi connectivity index (χ3v) is 4.57. The summed E-state index contributed by atoms with van der Waals surface area (Å²) >= 11 is 3.54. The summed E-state index contributed by atoms with van der Waals surface area (Å²) in [6, 6.07) is 15.2. The number of hydrogen-bond acceptors (Lipinski definition) is 2. The van der Waals surface area contributed by atoms with Gasteiger partial charge in [-0.15, -0.1) is 0 Å². The summed E-state index contributed by atoms with van der Waals surface area (Å²) in [7, 11) is 0. The Balaban J connectivity index is 1.82. The topological polar surface area (TPSA) is 12.5 Å². The van der Waals surface area contributed by atoms with Gasteiger partial charge in [0.05, 0.1) is 12.2 Å². The van der Waals surface area contributed by atoms with Gasteiger partial charge in [-0.05, 0) is 23.3 Å². The van der Waals surface area contributed by atoms with E-state index in [-0.39, 0.29) is 0 Å². The molecule has 0 amide bonds. The Morgan fingerprint density at radius 2 is 1.95 bits per heavy atom. The summed E-state index contributed by atoms with van der Waals surface area (Å²) in [6.07, 6.45) is 0.606. The molecule has 1 saturated heterocycles. The van der Waals surface area contributed by atoms with Crippen molar-refractivity contribution < 1.29 is 4.74 Å². The Bertz CT molecular complexity index is 581. The first-order chi connectivity index (χ1) is 9.76. The molecule has 0 aromatic heterocycles. The average Bonchev–Trinajstić information content (AvgIpc) is 2.47. The van der Waals surface area contributed by atoms with Gasteiger partial charge in [-0.25, -0.2) is 0 Å². The minimum atomic E-state index is 0.300. The number of morpholine rings is 1. The van der Waals surface area contributed by atoms with E-state index in [0.717, 1.165) is 25.0 Å². The second-order valence-electron chi connectivity index (χ2n) is 5.56. The van der Waals surface area contributed by atoms with Crippen LogP contribution in [0.15, 0.2) is 42.5 Å². The van der Waals surface area contributed by atoms with Crippen LogP contribution in [0, 0.1) is 0 Å². The quantitative estimate of drug-likeness (QED) is 0.791. The van der Waals surface area contributed by atoms with Crippen molar-refractivity contribution in [2.75, 3.05) is 18.4 Å². The third kappa shape index (κ3) is 3.05. The maximum Gasteiger partial charge on any atom is 0.0802 e. The number of alkyl halides is 1. The molecule has 0 N–H and O–H groups in total. The standard InChI is InChI=1S/C17H20BrNO/c1-13-10-19(12-16(9-18)20-13)11-15-7-4-6-14-5-2-3-8-17(14)15/h2-8,13,16H,9-12H2,1H3. The second kappa shape index (κ2) is 6.25. The van der Waals surface area contributed by atoms with Gasteiger partial charge in [0.25, 0.3) is 0 Å². The molecule has 2 unspecified atom stereocenters. The molecule has 0 saturated carbocycles. The minimum Gasteiger partial charge on any atom is -0.372 e. The number of fused-ring (bicyclic) bond motifs is 1. The zero-order chi connectivity index (χ0) is 13.9. The van der Waals surface area contributed by atoms with Gasteiger partial charge in [-0.1, -0.05) is 58.4 Å². The summed E-state index contributed by atoms with van der Waals surface area (Å²) in [5, 5.41) is 3.59. The average molecular weight is 334 g/mol. The van der Waals surface area contributed by atoms with Crippen molar-refractivity contribution in [3.63, 3.8) is 0 Å². The van der Waals surface area contributed by atoms with E-state index in [1.165, 1.54) is 16.3 Å². The summed E-state index contributed by atoms with van der Waals surface area (Å²) in [6.45, 7) is 5.16. The van der Waals surface area contributed by atoms with E-state index in [9.17, 15) is 0 Å². The molecule has 2 aromatic carbocycles. The monoisotopic (exact) mass is 333 g/mol. The predicted octanol–water partition coefficient (Wildman–Crippen LogP) is 3.82. The molecule has 1 heterocycles. The van der Waals surface area contributed by atoms with E-state index < -0.39 is 0 Å². The zero-order valence-corrected chi connectivity index (χ0v) is 13.3. The smallest absolute Gasteiger partial charge is 0.0802 e. The van der Waals surface area contributed by atoms with Crippen molar-refractivity contribution in [1.29, 1.82) is 0 Å². The van der Waals surface area contributed by atoms with Gasteiger partial charge in [0.15, 0.2) is 0 Å². The number of ether oxygens (including phenoxy) is 1. The van der Waals surface area contributed by atoms with Crippen LogP contribution in [0.5, 0.6) is 0 Å². The maximum atomic E-state index is 5.90. The highest BCUT2D eigenvalue weighted by atomic mass is 79.9. The Hall–Kier alpha value is -0.900. The summed E-state index contributed by atoms with van der Waals surface area (Å²) in [5.41, 5.74) is 1.41. The summed E-state index contributed by atoms with van der Waals surface area (Å²) in [5.74, 6) is 0. The highest BCUT2D eigenvalue weighted by Gasteiger charge is 2.24. The van der Waals surface area contributed by atoms with Crippen LogP contribution in [0.3, 0.4) is 0 Å². The van der Waals surface area contributed by atoms with E-state index in [1.807, 2.05) is 0 Å². The number of benzene rings is 2. The highest BCUT2D eigenvalue weighted by Crippen LogP contribution is 2.22. The van der Waals surface area contributed by atoms with Crippen LogP contribution in [-0.4, -0.2) is 35.5 Å². The number of rotatable bonds is 3. The fourth-order valence-corrected chi connectivity index (χ4v) is 3.38. The molecule has 2 nitrogen and oxygen atoms in total. The fourth-order valence-electron chi connectivity index (χ4n) is 3.03. The van der Waals surface area contributed by atoms with Crippen molar-refractivity contribution in [2.24, 2.45) is 0 Å². The first kappa shape index (κ1) is 14.1. The van der Waals surface area contributed by atoms with Crippen LogP contribution in [0.2, 0.25) is 0 Å². The molecule has 20 heavy (non-hydrogen) atoms. The Morgan fingerprint density at radius 3 is 2.80 bits per heavy atom. The van der Waals surface area contributed by atoms with Crippen LogP contribution in [-0.2, 0) is 11.3 Å². The normalized spacial score (nSPS) is 24.1. The minimum absolute atomic E-state index is 0.300. The van der Waals surface area contributed by atoms with Gasteiger partial charge in [0, 0.05) is 25.0 Å². The molecular weight excluding hydrogens is 314 g/mol. The number of nitrogens with zero attached hydrogens (tertiary/aromatic N) is 1. The third-order valence-electron chi connectivity index (χ3n) is 3.85. The summed E-state index contributed by atoms with van der Waals surface area (Å²) in [4.78, 5) is 2.50. The van der Waals surface area contributed by atoms with Gasteiger partial charge in [-0.3, -0.25) is 4.90 Å². The molecule has 0 aliphatic carbocycles. The molecule has 3 rings (SSSR count). The van der Waals surface area contributed by atoms with Crippen molar-refractivity contribution >= 4 is 26.7 Å². The molecule has 0 bridgehead atoms. The lowest BCUT2D eigenvalue weighted by Crippen LogP contribution is -2.46. The number of hydrogen-bond donors (Lipinski definition) is 0. The molecule has 1 fully saturated rings. The Morgan fingerprint density at radius 1 is 1.15 bits per heavy atom. The zero-order valence-electron chi connectivity index (χ0n) is 11.8. The molecule has 1 aliphatic rings. The van der Waals surface area contributed by atoms with Gasteiger partial charge in [0.1, 0.15) is 0 Å². The van der Waals surface area contributed by atoms with Crippen LogP contribution >= 0.6 is 15.9 Å². The second-order valence-corrected chi connectivity index (χ2v) is 6.20.